The topological polar surface area (TPSA) is 66.4 Å². The zero-order valence-corrected chi connectivity index (χ0v) is 12.4. The number of aliphatic carboxylic acids is 1. The molecule has 0 heterocycles. The summed E-state index contributed by atoms with van der Waals surface area (Å²) in [5.41, 5.74) is 0.369. The SMILES string of the molecule is CSC1(CNC(=O)c2ccc(/C=C/C(=O)O)c(F)c2)CC1. The lowest BCUT2D eigenvalue weighted by Crippen LogP contribution is -2.31. The Hall–Kier alpha value is -1.82. The minimum atomic E-state index is -1.15. The van der Waals surface area contributed by atoms with E-state index >= 15 is 0 Å². The van der Waals surface area contributed by atoms with E-state index in [2.05, 4.69) is 5.32 Å². The molecule has 1 aromatic rings. The second kappa shape index (κ2) is 6.30. The number of nitrogens with one attached hydrogen (secondary N) is 1. The molecule has 2 N–H and O–H groups in total. The number of amides is 1. The van der Waals surface area contributed by atoms with E-state index in [1.807, 2.05) is 6.26 Å². The number of thioether (sulfide) groups is 1. The fourth-order valence-corrected chi connectivity index (χ4v) is 2.63. The van der Waals surface area contributed by atoms with Gasteiger partial charge in [0.05, 0.1) is 0 Å². The number of benzene rings is 1. The molecule has 6 heteroatoms. The fourth-order valence-electron chi connectivity index (χ4n) is 1.90. The van der Waals surface area contributed by atoms with Crippen molar-refractivity contribution in [1.82, 2.24) is 5.32 Å². The monoisotopic (exact) mass is 309 g/mol. The lowest BCUT2D eigenvalue weighted by molar-refractivity contribution is -0.131. The Morgan fingerprint density at radius 2 is 2.19 bits per heavy atom. The van der Waals surface area contributed by atoms with E-state index in [9.17, 15) is 14.0 Å². The van der Waals surface area contributed by atoms with Gasteiger partial charge in [-0.05, 0) is 37.3 Å². The summed E-state index contributed by atoms with van der Waals surface area (Å²) in [7, 11) is 0. The molecule has 0 atom stereocenters. The van der Waals surface area contributed by atoms with Crippen molar-refractivity contribution in [2.45, 2.75) is 17.6 Å². The normalized spacial score (nSPS) is 15.9. The first-order valence-corrected chi connectivity index (χ1v) is 7.72. The largest absolute Gasteiger partial charge is 0.478 e. The molecule has 0 spiro atoms. The Morgan fingerprint density at radius 3 is 2.71 bits per heavy atom. The van der Waals surface area contributed by atoms with Crippen molar-refractivity contribution in [2.75, 3.05) is 12.8 Å². The summed E-state index contributed by atoms with van der Waals surface area (Å²) in [6.07, 6.45) is 6.20. The lowest BCUT2D eigenvalue weighted by Gasteiger charge is -2.13. The molecule has 4 nitrogen and oxygen atoms in total. The van der Waals surface area contributed by atoms with Crippen LogP contribution in [-0.2, 0) is 4.79 Å². The standard InChI is InChI=1S/C15H16FNO3S/c1-21-15(6-7-15)9-17-14(20)11-3-2-10(12(16)8-11)4-5-13(18)19/h2-5,8H,6-7,9H2,1H3,(H,17,20)(H,18,19)/b5-4+. The van der Waals surface area contributed by atoms with Crippen molar-refractivity contribution in [2.24, 2.45) is 0 Å². The number of carbonyl (C=O) groups is 2. The summed E-state index contributed by atoms with van der Waals surface area (Å²) < 4.78 is 13.9. The molecule has 0 aromatic heterocycles. The van der Waals surface area contributed by atoms with Crippen LogP contribution in [0.1, 0.15) is 28.8 Å². The van der Waals surface area contributed by atoms with E-state index in [4.69, 9.17) is 5.11 Å². The molecule has 0 radical (unpaired) electrons. The van der Waals surface area contributed by atoms with E-state index in [-0.39, 0.29) is 21.8 Å². The molecule has 0 aliphatic heterocycles. The average molecular weight is 309 g/mol. The Bertz CT molecular complexity index is 597. The summed E-state index contributed by atoms with van der Waals surface area (Å²) >= 11 is 1.74. The number of hydrogen-bond donors (Lipinski definition) is 2. The van der Waals surface area contributed by atoms with E-state index < -0.39 is 11.8 Å². The summed E-state index contributed by atoms with van der Waals surface area (Å²) in [6, 6.07) is 4.00. The van der Waals surface area contributed by atoms with Crippen molar-refractivity contribution in [3.8, 4) is 0 Å². The second-order valence-electron chi connectivity index (χ2n) is 4.98. The maximum absolute atomic E-state index is 13.8. The van der Waals surface area contributed by atoms with Gasteiger partial charge in [-0.15, -0.1) is 0 Å². The summed E-state index contributed by atoms with van der Waals surface area (Å²) in [4.78, 5) is 22.4. The molecule has 1 aliphatic rings. The molecule has 1 aliphatic carbocycles. The molecule has 21 heavy (non-hydrogen) atoms. The molecule has 112 valence electrons. The summed E-state index contributed by atoms with van der Waals surface area (Å²) in [5, 5.41) is 11.3. The number of carboxylic acids is 1. The van der Waals surface area contributed by atoms with E-state index in [0.29, 0.717) is 6.54 Å². The van der Waals surface area contributed by atoms with Crippen LogP contribution in [0.5, 0.6) is 0 Å². The summed E-state index contributed by atoms with van der Waals surface area (Å²) in [5.74, 6) is -2.09. The molecule has 0 saturated heterocycles. The van der Waals surface area contributed by atoms with Gasteiger partial charge >= 0.3 is 5.97 Å². The van der Waals surface area contributed by atoms with Crippen LogP contribution in [0.3, 0.4) is 0 Å². The van der Waals surface area contributed by atoms with Crippen molar-refractivity contribution in [3.63, 3.8) is 0 Å². The number of hydrogen-bond acceptors (Lipinski definition) is 3. The Balaban J connectivity index is 2.02. The molecule has 0 bridgehead atoms. The van der Waals surface area contributed by atoms with Gasteiger partial charge in [0.1, 0.15) is 5.82 Å². The number of halogens is 1. The maximum Gasteiger partial charge on any atom is 0.328 e. The van der Waals surface area contributed by atoms with Gasteiger partial charge in [-0.1, -0.05) is 6.07 Å². The van der Waals surface area contributed by atoms with Crippen LogP contribution in [0, 0.1) is 5.82 Å². The smallest absolute Gasteiger partial charge is 0.328 e. The van der Waals surface area contributed by atoms with Crippen molar-refractivity contribution < 1.29 is 19.1 Å². The van der Waals surface area contributed by atoms with E-state index in [1.165, 1.54) is 12.1 Å². The average Bonchev–Trinajstić information content (AvgIpc) is 3.24. The van der Waals surface area contributed by atoms with Crippen LogP contribution in [0.2, 0.25) is 0 Å². The van der Waals surface area contributed by atoms with Gasteiger partial charge in [-0.2, -0.15) is 11.8 Å². The minimum Gasteiger partial charge on any atom is -0.478 e. The highest BCUT2D eigenvalue weighted by molar-refractivity contribution is 8.00. The first-order valence-electron chi connectivity index (χ1n) is 6.50. The predicted octanol–water partition coefficient (Wildman–Crippen LogP) is 2.55. The van der Waals surface area contributed by atoms with Gasteiger partial charge in [0.25, 0.3) is 5.91 Å². The number of carboxylic acid groups (broad SMARTS) is 1. The quantitative estimate of drug-likeness (QED) is 0.793. The highest BCUT2D eigenvalue weighted by atomic mass is 32.2. The van der Waals surface area contributed by atoms with Gasteiger partial charge in [0.15, 0.2) is 0 Å². The third-order valence-electron chi connectivity index (χ3n) is 3.48. The first kappa shape index (κ1) is 15.6. The van der Waals surface area contributed by atoms with Gasteiger partial charge in [-0.25, -0.2) is 9.18 Å². The van der Waals surface area contributed by atoms with Gasteiger partial charge in [0, 0.05) is 28.5 Å². The molecular weight excluding hydrogens is 293 g/mol. The minimum absolute atomic E-state index is 0.136. The molecule has 1 aromatic carbocycles. The zero-order valence-electron chi connectivity index (χ0n) is 11.6. The molecule has 1 saturated carbocycles. The molecule has 2 rings (SSSR count). The van der Waals surface area contributed by atoms with Crippen LogP contribution in [0.4, 0.5) is 4.39 Å². The van der Waals surface area contributed by atoms with Crippen LogP contribution in [0.25, 0.3) is 6.08 Å². The third kappa shape index (κ3) is 4.07. The van der Waals surface area contributed by atoms with Crippen LogP contribution < -0.4 is 5.32 Å². The van der Waals surface area contributed by atoms with Crippen molar-refractivity contribution in [1.29, 1.82) is 0 Å². The Labute approximate surface area is 126 Å². The van der Waals surface area contributed by atoms with E-state index in [0.717, 1.165) is 31.1 Å². The second-order valence-corrected chi connectivity index (χ2v) is 6.25. The third-order valence-corrected chi connectivity index (χ3v) is 4.90. The van der Waals surface area contributed by atoms with Gasteiger partial charge < -0.3 is 10.4 Å². The van der Waals surface area contributed by atoms with Crippen molar-refractivity contribution in [3.05, 3.63) is 41.2 Å². The molecule has 0 unspecified atom stereocenters. The van der Waals surface area contributed by atoms with Gasteiger partial charge in [-0.3, -0.25) is 4.79 Å². The first-order chi connectivity index (χ1) is 9.96. The Kier molecular flexibility index (Phi) is 4.67. The van der Waals surface area contributed by atoms with E-state index in [1.54, 1.807) is 11.8 Å². The lowest BCUT2D eigenvalue weighted by atomic mass is 10.1. The molecule has 1 amide bonds. The highest BCUT2D eigenvalue weighted by Gasteiger charge is 2.41. The van der Waals surface area contributed by atoms with Crippen LogP contribution >= 0.6 is 11.8 Å². The highest BCUT2D eigenvalue weighted by Crippen LogP contribution is 2.46. The number of rotatable bonds is 6. The molecular formula is C15H16FNO3S. The molecule has 1 fully saturated rings. The zero-order chi connectivity index (χ0) is 15.5. The Morgan fingerprint density at radius 1 is 1.48 bits per heavy atom. The van der Waals surface area contributed by atoms with Crippen LogP contribution in [-0.4, -0.2) is 34.5 Å². The predicted molar refractivity (Wildman–Crippen MR) is 80.9 cm³/mol. The summed E-state index contributed by atoms with van der Waals surface area (Å²) in [6.45, 7) is 0.579. The number of carbonyl (C=O) groups excluding carboxylic acids is 1. The van der Waals surface area contributed by atoms with Gasteiger partial charge in [0.2, 0.25) is 0 Å². The van der Waals surface area contributed by atoms with Crippen molar-refractivity contribution >= 4 is 29.7 Å². The fraction of sp³-hybridized carbons (Fsp3) is 0.333. The van der Waals surface area contributed by atoms with Crippen LogP contribution in [0.15, 0.2) is 24.3 Å². The maximum atomic E-state index is 13.8.